The molecule has 0 radical (unpaired) electrons. The summed E-state index contributed by atoms with van der Waals surface area (Å²) in [5.41, 5.74) is 16.1. The standard InChI is InChI=1S/C49H42N2/c1-48(2,3)35-21-25-37(26-22-35)50(36-23-19-34(20-24-36)33-13-7-6-8-14-33)38-27-29-40-41-30-28-39(32-45(41)49(4,5)44(40)31-38)51-46-17-11-9-15-42(46)43-16-10-12-18-47(43)51/h6-32H,1-5H3. The molecule has 1 heterocycles. The summed E-state index contributed by atoms with van der Waals surface area (Å²) in [6.45, 7) is 11.6. The van der Waals surface area contributed by atoms with E-state index >= 15 is 0 Å². The number of aromatic nitrogens is 1. The zero-order valence-electron chi connectivity index (χ0n) is 30.0. The Bertz CT molecular complexity index is 2510. The third-order valence-electron chi connectivity index (χ3n) is 11.0. The molecule has 0 N–H and O–H groups in total. The molecule has 248 valence electrons. The first-order valence-electron chi connectivity index (χ1n) is 18.0. The molecule has 1 aliphatic rings. The summed E-state index contributed by atoms with van der Waals surface area (Å²) in [5.74, 6) is 0. The van der Waals surface area contributed by atoms with E-state index < -0.39 is 0 Å². The molecule has 0 saturated carbocycles. The van der Waals surface area contributed by atoms with E-state index in [1.54, 1.807) is 0 Å². The van der Waals surface area contributed by atoms with Crippen LogP contribution in [0.3, 0.4) is 0 Å². The van der Waals surface area contributed by atoms with Gasteiger partial charge in [-0.2, -0.15) is 0 Å². The van der Waals surface area contributed by atoms with Gasteiger partial charge in [-0.3, -0.25) is 0 Å². The van der Waals surface area contributed by atoms with Crippen molar-refractivity contribution in [1.82, 2.24) is 4.57 Å². The second-order valence-electron chi connectivity index (χ2n) is 15.5. The number of rotatable bonds is 5. The smallest absolute Gasteiger partial charge is 0.0541 e. The lowest BCUT2D eigenvalue weighted by Crippen LogP contribution is -2.17. The van der Waals surface area contributed by atoms with Crippen molar-refractivity contribution in [3.8, 4) is 27.9 Å². The van der Waals surface area contributed by atoms with Gasteiger partial charge in [-0.25, -0.2) is 0 Å². The first kappa shape index (κ1) is 31.1. The number of hydrogen-bond donors (Lipinski definition) is 0. The second-order valence-corrected chi connectivity index (χ2v) is 15.5. The number of fused-ring (bicyclic) bond motifs is 6. The Kier molecular flexibility index (Phi) is 7.09. The van der Waals surface area contributed by atoms with Crippen molar-refractivity contribution in [3.63, 3.8) is 0 Å². The minimum atomic E-state index is -0.186. The predicted molar refractivity (Wildman–Crippen MR) is 217 cm³/mol. The van der Waals surface area contributed by atoms with Gasteiger partial charge >= 0.3 is 0 Å². The maximum atomic E-state index is 2.43. The third-order valence-corrected chi connectivity index (χ3v) is 11.0. The quantitative estimate of drug-likeness (QED) is 0.179. The highest BCUT2D eigenvalue weighted by molar-refractivity contribution is 6.09. The van der Waals surface area contributed by atoms with Gasteiger partial charge in [-0.1, -0.05) is 138 Å². The summed E-state index contributed by atoms with van der Waals surface area (Å²) < 4.78 is 2.43. The predicted octanol–water partition coefficient (Wildman–Crippen LogP) is 13.5. The van der Waals surface area contributed by atoms with Crippen LogP contribution in [-0.4, -0.2) is 4.57 Å². The number of benzene rings is 7. The summed E-state index contributed by atoms with van der Waals surface area (Å²) in [5, 5.41) is 2.57. The van der Waals surface area contributed by atoms with Crippen LogP contribution in [0.5, 0.6) is 0 Å². The fourth-order valence-electron chi connectivity index (χ4n) is 8.18. The fourth-order valence-corrected chi connectivity index (χ4v) is 8.18. The highest BCUT2D eigenvalue weighted by Gasteiger charge is 2.36. The minimum Gasteiger partial charge on any atom is -0.310 e. The molecule has 0 spiro atoms. The Morgan fingerprint density at radius 1 is 0.471 bits per heavy atom. The Morgan fingerprint density at radius 3 is 1.57 bits per heavy atom. The molecule has 0 atom stereocenters. The minimum absolute atomic E-state index is 0.0855. The summed E-state index contributed by atoms with van der Waals surface area (Å²) >= 11 is 0. The van der Waals surface area contributed by atoms with Crippen LogP contribution in [0, 0.1) is 0 Å². The number of hydrogen-bond acceptors (Lipinski definition) is 1. The van der Waals surface area contributed by atoms with Gasteiger partial charge in [0.05, 0.1) is 11.0 Å². The van der Waals surface area contributed by atoms with Crippen molar-refractivity contribution in [2.24, 2.45) is 0 Å². The molecular formula is C49H42N2. The summed E-state index contributed by atoms with van der Waals surface area (Å²) in [7, 11) is 0. The normalized spacial score (nSPS) is 13.4. The Morgan fingerprint density at radius 2 is 0.961 bits per heavy atom. The maximum absolute atomic E-state index is 2.43. The summed E-state index contributed by atoms with van der Waals surface area (Å²) in [4.78, 5) is 2.41. The molecule has 0 amide bonds. The van der Waals surface area contributed by atoms with Crippen molar-refractivity contribution < 1.29 is 0 Å². The molecule has 1 aromatic heterocycles. The van der Waals surface area contributed by atoms with Crippen molar-refractivity contribution in [2.75, 3.05) is 4.90 Å². The zero-order chi connectivity index (χ0) is 34.9. The molecule has 0 bridgehead atoms. The zero-order valence-corrected chi connectivity index (χ0v) is 30.0. The molecule has 9 rings (SSSR count). The SMILES string of the molecule is CC(C)(C)c1ccc(N(c2ccc(-c3ccccc3)cc2)c2ccc3c(c2)C(C)(C)c2cc(-n4c5ccccc5c5ccccc54)ccc2-3)cc1. The molecule has 2 heteroatoms. The summed E-state index contributed by atoms with van der Waals surface area (Å²) in [6.07, 6.45) is 0. The van der Waals surface area contributed by atoms with Gasteiger partial charge in [0, 0.05) is 38.9 Å². The molecule has 0 aliphatic heterocycles. The van der Waals surface area contributed by atoms with Crippen LogP contribution in [0.15, 0.2) is 164 Å². The van der Waals surface area contributed by atoms with Crippen molar-refractivity contribution in [2.45, 2.75) is 45.4 Å². The Balaban J connectivity index is 1.15. The molecule has 1 aliphatic carbocycles. The van der Waals surface area contributed by atoms with Gasteiger partial charge in [-0.15, -0.1) is 0 Å². The number of anilines is 3. The summed E-state index contributed by atoms with van der Waals surface area (Å²) in [6, 6.07) is 60.4. The van der Waals surface area contributed by atoms with Crippen LogP contribution in [0.4, 0.5) is 17.1 Å². The van der Waals surface area contributed by atoms with Gasteiger partial charge in [0.1, 0.15) is 0 Å². The molecule has 0 saturated heterocycles. The Hall–Kier alpha value is -5.86. The monoisotopic (exact) mass is 658 g/mol. The molecule has 0 unspecified atom stereocenters. The molecular weight excluding hydrogens is 617 g/mol. The Labute approximate surface area is 301 Å². The van der Waals surface area contributed by atoms with Gasteiger partial charge in [-0.05, 0) is 105 Å². The van der Waals surface area contributed by atoms with Gasteiger partial charge in [0.25, 0.3) is 0 Å². The lowest BCUT2D eigenvalue weighted by atomic mass is 9.82. The van der Waals surface area contributed by atoms with Gasteiger partial charge in [0.15, 0.2) is 0 Å². The van der Waals surface area contributed by atoms with E-state index in [1.807, 2.05) is 0 Å². The van der Waals surface area contributed by atoms with Crippen molar-refractivity contribution in [1.29, 1.82) is 0 Å². The van der Waals surface area contributed by atoms with Crippen molar-refractivity contribution >= 4 is 38.9 Å². The van der Waals surface area contributed by atoms with Gasteiger partial charge < -0.3 is 9.47 Å². The third kappa shape index (κ3) is 5.09. The highest BCUT2D eigenvalue weighted by atomic mass is 15.1. The molecule has 7 aromatic carbocycles. The van der Waals surface area contributed by atoms with E-state index in [9.17, 15) is 0 Å². The molecule has 8 aromatic rings. The second kappa shape index (κ2) is 11.6. The van der Waals surface area contributed by atoms with Crippen LogP contribution in [0.1, 0.15) is 51.3 Å². The van der Waals surface area contributed by atoms with Crippen LogP contribution in [-0.2, 0) is 10.8 Å². The fraction of sp³-hybridized carbons (Fsp3) is 0.143. The van der Waals surface area contributed by atoms with E-state index in [4.69, 9.17) is 0 Å². The van der Waals surface area contributed by atoms with E-state index in [0.717, 1.165) is 17.1 Å². The van der Waals surface area contributed by atoms with Crippen LogP contribution in [0.2, 0.25) is 0 Å². The topological polar surface area (TPSA) is 8.17 Å². The van der Waals surface area contributed by atoms with E-state index in [-0.39, 0.29) is 10.8 Å². The first-order chi connectivity index (χ1) is 24.7. The van der Waals surface area contributed by atoms with Crippen LogP contribution in [0.25, 0.3) is 49.7 Å². The lowest BCUT2D eigenvalue weighted by molar-refractivity contribution is 0.590. The lowest BCUT2D eigenvalue weighted by Gasteiger charge is -2.29. The van der Waals surface area contributed by atoms with Crippen molar-refractivity contribution in [3.05, 3.63) is 180 Å². The van der Waals surface area contributed by atoms with E-state index in [0.29, 0.717) is 0 Å². The molecule has 2 nitrogen and oxygen atoms in total. The molecule has 51 heavy (non-hydrogen) atoms. The number of nitrogens with zero attached hydrogens (tertiary/aromatic N) is 2. The average Bonchev–Trinajstić information content (AvgIpc) is 3.60. The first-order valence-corrected chi connectivity index (χ1v) is 18.0. The maximum Gasteiger partial charge on any atom is 0.0541 e. The molecule has 0 fully saturated rings. The largest absolute Gasteiger partial charge is 0.310 e. The van der Waals surface area contributed by atoms with Gasteiger partial charge in [0.2, 0.25) is 0 Å². The van der Waals surface area contributed by atoms with E-state index in [1.165, 1.54) is 66.4 Å². The van der Waals surface area contributed by atoms with E-state index in [2.05, 4.69) is 208 Å². The van der Waals surface area contributed by atoms with Crippen LogP contribution >= 0.6 is 0 Å². The van der Waals surface area contributed by atoms with Crippen LogP contribution < -0.4 is 4.90 Å². The number of para-hydroxylation sites is 2. The highest BCUT2D eigenvalue weighted by Crippen LogP contribution is 2.51. The average molecular weight is 659 g/mol.